The van der Waals surface area contributed by atoms with Crippen LogP contribution in [0.25, 0.3) is 0 Å². The van der Waals surface area contributed by atoms with Crippen LogP contribution in [0.1, 0.15) is 12.8 Å². The van der Waals surface area contributed by atoms with Gasteiger partial charge in [-0.25, -0.2) is 0 Å². The number of aliphatic hydroxyl groups is 1. The number of likely N-dealkylation sites (tertiary alicyclic amines) is 1. The van der Waals surface area contributed by atoms with Crippen molar-refractivity contribution in [2.45, 2.75) is 24.1 Å². The molecule has 0 aromatic heterocycles. The molecule has 0 saturated carbocycles. The molecular formula is C10H20N2OS. The number of hydrogen-bond donors (Lipinski definition) is 3. The van der Waals surface area contributed by atoms with Gasteiger partial charge in [0.15, 0.2) is 0 Å². The smallest absolute Gasteiger partial charge is 0.0558 e. The molecule has 2 saturated heterocycles. The summed E-state index contributed by atoms with van der Waals surface area (Å²) < 4.78 is 0. The molecule has 4 heteroatoms. The molecule has 0 amide bonds. The second-order valence-corrected chi connectivity index (χ2v) is 5.21. The summed E-state index contributed by atoms with van der Waals surface area (Å²) in [5, 5.41) is 12.9. The van der Waals surface area contributed by atoms with Crippen LogP contribution in [0.2, 0.25) is 0 Å². The van der Waals surface area contributed by atoms with Crippen LogP contribution < -0.4 is 5.32 Å². The largest absolute Gasteiger partial charge is 0.395 e. The third-order valence-corrected chi connectivity index (χ3v) is 3.83. The Bertz CT molecular complexity index is 191. The molecule has 2 N–H and O–H groups in total. The lowest BCUT2D eigenvalue weighted by atomic mass is 9.98. The van der Waals surface area contributed by atoms with E-state index in [1.54, 1.807) is 0 Å². The van der Waals surface area contributed by atoms with Gasteiger partial charge in [-0.2, -0.15) is 12.6 Å². The summed E-state index contributed by atoms with van der Waals surface area (Å²) in [6.07, 6.45) is 2.49. The molecule has 0 bridgehead atoms. The number of thiol groups is 1. The zero-order chi connectivity index (χ0) is 9.97. The molecule has 2 aliphatic rings. The van der Waals surface area contributed by atoms with Crippen LogP contribution in [0, 0.1) is 5.92 Å². The molecule has 0 aromatic rings. The predicted octanol–water partition coefficient (Wildman–Crippen LogP) is -0.0391. The molecule has 3 nitrogen and oxygen atoms in total. The molecule has 14 heavy (non-hydrogen) atoms. The van der Waals surface area contributed by atoms with Crippen LogP contribution in [0.5, 0.6) is 0 Å². The van der Waals surface area contributed by atoms with E-state index in [1.165, 1.54) is 12.8 Å². The molecule has 82 valence electrons. The predicted molar refractivity (Wildman–Crippen MR) is 60.8 cm³/mol. The standard InChI is InChI=1S/C10H20N2OS/c13-4-3-12-2-1-8(7-12)10-5-9(14)6-11-10/h8-11,13-14H,1-7H2/t8?,9-,10-/m0/s1. The lowest BCUT2D eigenvalue weighted by Gasteiger charge is -2.19. The van der Waals surface area contributed by atoms with Gasteiger partial charge in [-0.1, -0.05) is 0 Å². The molecular weight excluding hydrogens is 196 g/mol. The Hall–Kier alpha value is 0.230. The molecule has 0 radical (unpaired) electrons. The van der Waals surface area contributed by atoms with E-state index >= 15 is 0 Å². The number of nitrogens with one attached hydrogen (secondary N) is 1. The van der Waals surface area contributed by atoms with Gasteiger partial charge < -0.3 is 15.3 Å². The van der Waals surface area contributed by atoms with Gasteiger partial charge in [0.05, 0.1) is 6.61 Å². The minimum Gasteiger partial charge on any atom is -0.395 e. The summed E-state index contributed by atoms with van der Waals surface area (Å²) in [5.74, 6) is 0.777. The average molecular weight is 216 g/mol. The third-order valence-electron chi connectivity index (χ3n) is 3.44. The van der Waals surface area contributed by atoms with Crippen LogP contribution in [0.4, 0.5) is 0 Å². The fourth-order valence-corrected chi connectivity index (χ4v) is 2.97. The molecule has 2 fully saturated rings. The second-order valence-electron chi connectivity index (χ2n) is 4.48. The molecule has 2 aliphatic heterocycles. The highest BCUT2D eigenvalue weighted by atomic mass is 32.1. The number of rotatable bonds is 3. The van der Waals surface area contributed by atoms with Crippen LogP contribution in [0.3, 0.4) is 0 Å². The molecule has 2 heterocycles. The van der Waals surface area contributed by atoms with Crippen LogP contribution >= 0.6 is 12.6 Å². The highest BCUT2D eigenvalue weighted by molar-refractivity contribution is 7.81. The summed E-state index contributed by atoms with van der Waals surface area (Å²) in [7, 11) is 0. The molecule has 3 atom stereocenters. The van der Waals surface area contributed by atoms with Gasteiger partial charge in [-0.3, -0.25) is 0 Å². The summed E-state index contributed by atoms with van der Waals surface area (Å²) in [4.78, 5) is 2.36. The first-order chi connectivity index (χ1) is 6.79. The van der Waals surface area contributed by atoms with E-state index in [9.17, 15) is 0 Å². The molecule has 2 rings (SSSR count). The van der Waals surface area contributed by atoms with E-state index in [0.29, 0.717) is 17.9 Å². The van der Waals surface area contributed by atoms with Crippen molar-refractivity contribution >= 4 is 12.6 Å². The van der Waals surface area contributed by atoms with Gasteiger partial charge in [0, 0.05) is 30.9 Å². The highest BCUT2D eigenvalue weighted by Gasteiger charge is 2.33. The lowest BCUT2D eigenvalue weighted by molar-refractivity contribution is 0.214. The SMILES string of the molecule is OCCN1CCC([C@@H]2C[C@H](S)CN2)C1. The zero-order valence-corrected chi connectivity index (χ0v) is 9.42. The van der Waals surface area contributed by atoms with Gasteiger partial charge in [0.25, 0.3) is 0 Å². The summed E-state index contributed by atoms with van der Waals surface area (Å²) in [6.45, 7) is 4.50. The van der Waals surface area contributed by atoms with E-state index in [1.807, 2.05) is 0 Å². The Labute approximate surface area is 91.3 Å². The second kappa shape index (κ2) is 4.84. The Morgan fingerprint density at radius 1 is 1.50 bits per heavy atom. The maximum Gasteiger partial charge on any atom is 0.0558 e. The van der Waals surface area contributed by atoms with Crippen molar-refractivity contribution in [3.8, 4) is 0 Å². The summed E-state index contributed by atoms with van der Waals surface area (Å²) in [5.41, 5.74) is 0. The highest BCUT2D eigenvalue weighted by Crippen LogP contribution is 2.26. The molecule has 0 aliphatic carbocycles. The Morgan fingerprint density at radius 2 is 2.36 bits per heavy atom. The first kappa shape index (κ1) is 10.7. The fraction of sp³-hybridized carbons (Fsp3) is 1.00. The van der Waals surface area contributed by atoms with Crippen LogP contribution in [0.15, 0.2) is 0 Å². The van der Waals surface area contributed by atoms with Crippen molar-refractivity contribution in [1.82, 2.24) is 10.2 Å². The topological polar surface area (TPSA) is 35.5 Å². The first-order valence-corrected chi connectivity index (χ1v) is 6.06. The Morgan fingerprint density at radius 3 is 3.00 bits per heavy atom. The summed E-state index contributed by atoms with van der Waals surface area (Å²) in [6, 6.07) is 0.668. The Balaban J connectivity index is 1.78. The normalized spacial score (nSPS) is 39.4. The summed E-state index contributed by atoms with van der Waals surface area (Å²) >= 11 is 4.49. The average Bonchev–Trinajstić information content (AvgIpc) is 2.74. The minimum absolute atomic E-state index is 0.292. The van der Waals surface area contributed by atoms with Gasteiger partial charge >= 0.3 is 0 Å². The molecule has 0 aromatic carbocycles. The van der Waals surface area contributed by atoms with E-state index in [4.69, 9.17) is 5.11 Å². The minimum atomic E-state index is 0.292. The fourth-order valence-electron chi connectivity index (χ4n) is 2.64. The zero-order valence-electron chi connectivity index (χ0n) is 8.52. The van der Waals surface area contributed by atoms with E-state index in [2.05, 4.69) is 22.8 Å². The van der Waals surface area contributed by atoms with Crippen molar-refractivity contribution in [3.63, 3.8) is 0 Å². The number of β-amino-alcohol motifs (C(OH)–C–C–N with tert-alkyl or cyclic N) is 1. The van der Waals surface area contributed by atoms with Gasteiger partial charge in [-0.05, 0) is 25.3 Å². The van der Waals surface area contributed by atoms with Gasteiger partial charge in [0.2, 0.25) is 0 Å². The van der Waals surface area contributed by atoms with Crippen LogP contribution in [-0.4, -0.2) is 54.1 Å². The van der Waals surface area contributed by atoms with E-state index < -0.39 is 0 Å². The third kappa shape index (κ3) is 2.42. The Kier molecular flexibility index (Phi) is 3.71. The quantitative estimate of drug-likeness (QED) is 0.579. The number of hydrogen-bond acceptors (Lipinski definition) is 4. The van der Waals surface area contributed by atoms with Crippen molar-refractivity contribution in [2.24, 2.45) is 5.92 Å². The van der Waals surface area contributed by atoms with E-state index in [-0.39, 0.29) is 0 Å². The van der Waals surface area contributed by atoms with Crippen LogP contribution in [-0.2, 0) is 0 Å². The lowest BCUT2D eigenvalue weighted by Crippen LogP contribution is -2.33. The maximum atomic E-state index is 8.85. The molecule has 0 spiro atoms. The monoisotopic (exact) mass is 216 g/mol. The maximum absolute atomic E-state index is 8.85. The van der Waals surface area contributed by atoms with Crippen molar-refractivity contribution in [3.05, 3.63) is 0 Å². The molecule has 1 unspecified atom stereocenters. The number of nitrogens with zero attached hydrogens (tertiary/aromatic N) is 1. The van der Waals surface area contributed by atoms with Gasteiger partial charge in [-0.15, -0.1) is 0 Å². The number of aliphatic hydroxyl groups excluding tert-OH is 1. The van der Waals surface area contributed by atoms with Crippen molar-refractivity contribution in [1.29, 1.82) is 0 Å². The van der Waals surface area contributed by atoms with Crippen molar-refractivity contribution < 1.29 is 5.11 Å². The van der Waals surface area contributed by atoms with E-state index in [0.717, 1.165) is 32.1 Å². The van der Waals surface area contributed by atoms with Gasteiger partial charge in [0.1, 0.15) is 0 Å². The first-order valence-electron chi connectivity index (χ1n) is 5.54. The van der Waals surface area contributed by atoms with Crippen molar-refractivity contribution in [2.75, 3.05) is 32.8 Å².